The Morgan fingerprint density at radius 2 is 1.84 bits per heavy atom. The van der Waals surface area contributed by atoms with Crippen LogP contribution in [0.25, 0.3) is 0 Å². The maximum atomic E-state index is 11.9. The predicted molar refractivity (Wildman–Crippen MR) is 90.5 cm³/mol. The number of amidine groups is 1. The standard InChI is InChI=1S/C14H26N4O6S/c1-8(25(23)24)13(14(21)22)18-12(20)7-6-10(19)9(15)4-2-3-5-11(16)17/h8-9,13H,2-7,15H2,1H3,(H3,16,17)(H,18,20)(H,21,22)(H,23,24)/p-1. The summed E-state index contributed by atoms with van der Waals surface area (Å²) < 4.78 is 21.7. The average Bonchev–Trinajstić information content (AvgIpc) is 2.52. The minimum atomic E-state index is -2.66. The van der Waals surface area contributed by atoms with Crippen molar-refractivity contribution in [3.05, 3.63) is 0 Å². The molecule has 11 heteroatoms. The van der Waals surface area contributed by atoms with Gasteiger partial charge in [-0.3, -0.25) is 19.2 Å². The zero-order valence-electron chi connectivity index (χ0n) is 14.0. The molecule has 0 spiro atoms. The summed E-state index contributed by atoms with van der Waals surface area (Å²) in [5.74, 6) is -2.48. The van der Waals surface area contributed by atoms with Crippen LogP contribution in [0.2, 0.25) is 0 Å². The fourth-order valence-corrected chi connectivity index (χ4v) is 2.41. The van der Waals surface area contributed by atoms with Crippen LogP contribution in [0, 0.1) is 5.41 Å². The van der Waals surface area contributed by atoms with Crippen LogP contribution in [0.3, 0.4) is 0 Å². The Balaban J connectivity index is 4.29. The number of rotatable bonds is 13. The van der Waals surface area contributed by atoms with Crippen molar-refractivity contribution in [1.82, 2.24) is 5.32 Å². The van der Waals surface area contributed by atoms with Crippen LogP contribution in [0.1, 0.15) is 45.4 Å². The van der Waals surface area contributed by atoms with Gasteiger partial charge in [0.25, 0.3) is 0 Å². The van der Waals surface area contributed by atoms with E-state index in [1.807, 2.05) is 0 Å². The normalized spacial score (nSPS) is 15.6. The molecular formula is C14H25N4O6S-. The van der Waals surface area contributed by atoms with Gasteiger partial charge >= 0.3 is 5.97 Å². The number of hydrogen-bond acceptors (Lipinski definition) is 7. The van der Waals surface area contributed by atoms with Crippen LogP contribution in [0.15, 0.2) is 0 Å². The van der Waals surface area contributed by atoms with Crippen molar-refractivity contribution in [2.45, 2.75) is 62.8 Å². The van der Waals surface area contributed by atoms with Gasteiger partial charge in [0.2, 0.25) is 5.91 Å². The Morgan fingerprint density at radius 3 is 2.32 bits per heavy atom. The van der Waals surface area contributed by atoms with Crippen molar-refractivity contribution in [3.63, 3.8) is 0 Å². The number of aliphatic carboxylic acids is 1. The third kappa shape index (κ3) is 9.89. The summed E-state index contributed by atoms with van der Waals surface area (Å²) >= 11 is -2.66. The monoisotopic (exact) mass is 377 g/mol. The molecular weight excluding hydrogens is 352 g/mol. The van der Waals surface area contributed by atoms with Crippen molar-refractivity contribution in [1.29, 1.82) is 5.41 Å². The van der Waals surface area contributed by atoms with Crippen LogP contribution >= 0.6 is 0 Å². The minimum Gasteiger partial charge on any atom is -0.772 e. The second-order valence-electron chi connectivity index (χ2n) is 5.69. The summed E-state index contributed by atoms with van der Waals surface area (Å²) in [6, 6.07) is -2.33. The summed E-state index contributed by atoms with van der Waals surface area (Å²) in [4.78, 5) is 34.6. The number of carbonyl (C=O) groups is 3. The topological polar surface area (TPSA) is 199 Å². The Labute approximate surface area is 148 Å². The highest BCUT2D eigenvalue weighted by atomic mass is 32.2. The number of hydrogen-bond donors (Lipinski definition) is 5. The Kier molecular flexibility index (Phi) is 10.8. The van der Waals surface area contributed by atoms with E-state index in [1.54, 1.807) is 0 Å². The molecule has 10 nitrogen and oxygen atoms in total. The largest absolute Gasteiger partial charge is 0.772 e. The van der Waals surface area contributed by atoms with E-state index in [0.717, 1.165) is 6.92 Å². The number of carboxylic acids is 1. The van der Waals surface area contributed by atoms with Crippen LogP contribution in [-0.4, -0.2) is 54.7 Å². The number of unbranched alkanes of at least 4 members (excludes halogenated alkanes) is 1. The lowest BCUT2D eigenvalue weighted by atomic mass is 10.0. The van der Waals surface area contributed by atoms with Gasteiger partial charge in [-0.15, -0.1) is 0 Å². The summed E-state index contributed by atoms with van der Waals surface area (Å²) in [6.07, 6.45) is 1.65. The molecule has 0 saturated carbocycles. The first kappa shape index (κ1) is 23.1. The molecule has 0 aliphatic rings. The van der Waals surface area contributed by atoms with E-state index in [2.05, 4.69) is 5.32 Å². The first-order valence-electron chi connectivity index (χ1n) is 7.77. The van der Waals surface area contributed by atoms with E-state index in [-0.39, 0.29) is 24.5 Å². The fraction of sp³-hybridized carbons (Fsp3) is 0.714. The zero-order chi connectivity index (χ0) is 19.6. The Bertz CT molecular complexity index is 527. The Hall–Kier alpha value is -1.85. The summed E-state index contributed by atoms with van der Waals surface area (Å²) in [7, 11) is 0. The van der Waals surface area contributed by atoms with Gasteiger partial charge in [0, 0.05) is 24.5 Å². The molecule has 0 radical (unpaired) electrons. The number of amides is 1. The van der Waals surface area contributed by atoms with Gasteiger partial charge < -0.3 is 26.4 Å². The number of nitrogens with two attached hydrogens (primary N) is 2. The molecule has 0 aromatic heterocycles. The number of carbonyl (C=O) groups excluding carboxylic acids is 2. The van der Waals surface area contributed by atoms with E-state index in [4.69, 9.17) is 22.0 Å². The molecule has 1 amide bonds. The molecule has 0 aliphatic carbocycles. The van der Waals surface area contributed by atoms with Gasteiger partial charge in [-0.05, 0) is 30.8 Å². The molecule has 0 heterocycles. The molecule has 0 aromatic carbocycles. The first-order chi connectivity index (χ1) is 11.6. The number of nitrogens with one attached hydrogen (secondary N) is 2. The number of Topliss-reactive ketones (excluding diaryl/α,β-unsaturated/α-hetero) is 1. The highest BCUT2D eigenvalue weighted by Gasteiger charge is 2.27. The minimum absolute atomic E-state index is 0.0674. The van der Waals surface area contributed by atoms with Crippen molar-refractivity contribution in [2.75, 3.05) is 0 Å². The van der Waals surface area contributed by atoms with Gasteiger partial charge in [0.1, 0.15) is 11.8 Å². The van der Waals surface area contributed by atoms with Crippen molar-refractivity contribution >= 4 is 34.6 Å². The number of ketones is 1. The molecule has 0 bridgehead atoms. The molecule has 0 aromatic rings. The quantitative estimate of drug-likeness (QED) is 0.116. The fourth-order valence-electron chi connectivity index (χ4n) is 2.00. The molecule has 144 valence electrons. The Morgan fingerprint density at radius 1 is 1.24 bits per heavy atom. The highest BCUT2D eigenvalue weighted by molar-refractivity contribution is 7.79. The van der Waals surface area contributed by atoms with E-state index >= 15 is 0 Å². The maximum absolute atomic E-state index is 11.9. The molecule has 4 atom stereocenters. The molecule has 0 saturated heterocycles. The third-order valence-electron chi connectivity index (χ3n) is 3.58. The summed E-state index contributed by atoms with van der Waals surface area (Å²) in [5, 5.41) is 16.8. The number of carboxylic acid groups (broad SMARTS) is 1. The van der Waals surface area contributed by atoms with Gasteiger partial charge in [-0.2, -0.15) is 0 Å². The second-order valence-corrected chi connectivity index (χ2v) is 6.96. The van der Waals surface area contributed by atoms with Gasteiger partial charge in [0.05, 0.1) is 11.9 Å². The summed E-state index contributed by atoms with van der Waals surface area (Å²) in [6.45, 7) is 1.16. The molecule has 0 rings (SSSR count). The van der Waals surface area contributed by atoms with Gasteiger partial charge in [0.15, 0.2) is 0 Å². The molecule has 0 fully saturated rings. The lowest BCUT2D eigenvalue weighted by Gasteiger charge is -2.23. The predicted octanol–water partition coefficient (Wildman–Crippen LogP) is -1.00. The molecule has 7 N–H and O–H groups in total. The van der Waals surface area contributed by atoms with Crippen LogP contribution in [0.4, 0.5) is 0 Å². The zero-order valence-corrected chi connectivity index (χ0v) is 14.8. The van der Waals surface area contributed by atoms with Crippen molar-refractivity contribution < 1.29 is 28.3 Å². The van der Waals surface area contributed by atoms with E-state index in [0.29, 0.717) is 25.7 Å². The van der Waals surface area contributed by atoms with E-state index in [1.165, 1.54) is 0 Å². The highest BCUT2D eigenvalue weighted by Crippen LogP contribution is 2.07. The lowest BCUT2D eigenvalue weighted by Crippen LogP contribution is -2.49. The smallest absolute Gasteiger partial charge is 0.327 e. The van der Waals surface area contributed by atoms with Crippen LogP contribution in [-0.2, 0) is 25.5 Å². The van der Waals surface area contributed by atoms with E-state index in [9.17, 15) is 23.1 Å². The SMILES string of the molecule is CC(C(NC(=O)CCC(=O)C(N)CCCCC(=N)N)C(=O)O)S(=O)[O-]. The molecule has 0 aliphatic heterocycles. The van der Waals surface area contributed by atoms with Crippen LogP contribution in [0.5, 0.6) is 0 Å². The van der Waals surface area contributed by atoms with Crippen LogP contribution < -0.4 is 16.8 Å². The van der Waals surface area contributed by atoms with Gasteiger partial charge in [-0.1, -0.05) is 6.42 Å². The maximum Gasteiger partial charge on any atom is 0.327 e. The average molecular weight is 377 g/mol. The van der Waals surface area contributed by atoms with E-state index < -0.39 is 40.3 Å². The summed E-state index contributed by atoms with van der Waals surface area (Å²) in [5.41, 5.74) is 10.9. The van der Waals surface area contributed by atoms with Crippen molar-refractivity contribution in [3.8, 4) is 0 Å². The van der Waals surface area contributed by atoms with Crippen molar-refractivity contribution in [2.24, 2.45) is 11.5 Å². The lowest BCUT2D eigenvalue weighted by molar-refractivity contribution is -0.141. The first-order valence-corrected chi connectivity index (χ1v) is 8.91. The molecule has 25 heavy (non-hydrogen) atoms. The van der Waals surface area contributed by atoms with Gasteiger partial charge in [-0.25, -0.2) is 4.79 Å². The molecule has 4 unspecified atom stereocenters. The second kappa shape index (κ2) is 11.7. The third-order valence-corrected chi connectivity index (χ3v) is 4.46.